The van der Waals surface area contributed by atoms with E-state index < -0.39 is 10.0 Å². The smallest absolute Gasteiger partial charge is 0.346 e. The zero-order chi connectivity index (χ0) is 17.3. The first kappa shape index (κ1) is 17.6. The first-order valence-electron chi connectivity index (χ1n) is 8.64. The Morgan fingerprint density at radius 1 is 1.29 bits per heavy atom. The SMILES string of the molecule is CCS(=O)(=O)N1CCCC(c2nn(CCOC)c(=O)n2C2CC2)C1. The molecule has 24 heavy (non-hydrogen) atoms. The van der Waals surface area contributed by atoms with E-state index in [2.05, 4.69) is 5.10 Å². The van der Waals surface area contributed by atoms with Crippen LogP contribution >= 0.6 is 0 Å². The van der Waals surface area contributed by atoms with Gasteiger partial charge in [-0.05, 0) is 32.6 Å². The molecule has 1 aromatic rings. The van der Waals surface area contributed by atoms with Crippen molar-refractivity contribution in [2.45, 2.75) is 51.1 Å². The minimum atomic E-state index is -3.21. The van der Waals surface area contributed by atoms with Crippen LogP contribution < -0.4 is 5.69 Å². The molecule has 1 saturated carbocycles. The summed E-state index contributed by atoms with van der Waals surface area (Å²) in [5, 5.41) is 4.54. The molecule has 136 valence electrons. The predicted molar refractivity (Wildman–Crippen MR) is 89.6 cm³/mol. The summed E-state index contributed by atoms with van der Waals surface area (Å²) in [6, 6.07) is 0.224. The normalized spacial score (nSPS) is 22.8. The van der Waals surface area contributed by atoms with Gasteiger partial charge in [0.05, 0.1) is 18.9 Å². The van der Waals surface area contributed by atoms with Crippen molar-refractivity contribution in [3.05, 3.63) is 16.3 Å². The maximum atomic E-state index is 12.6. The zero-order valence-corrected chi connectivity index (χ0v) is 15.2. The second kappa shape index (κ2) is 6.97. The molecule has 1 saturated heterocycles. The summed E-state index contributed by atoms with van der Waals surface area (Å²) >= 11 is 0. The number of sulfonamides is 1. The van der Waals surface area contributed by atoms with Crippen molar-refractivity contribution < 1.29 is 13.2 Å². The second-order valence-electron chi connectivity index (χ2n) is 6.56. The van der Waals surface area contributed by atoms with Gasteiger partial charge in [-0.15, -0.1) is 0 Å². The van der Waals surface area contributed by atoms with Crippen LogP contribution in [0, 0.1) is 0 Å². The van der Waals surface area contributed by atoms with Gasteiger partial charge in [0.1, 0.15) is 5.82 Å². The maximum Gasteiger partial charge on any atom is 0.346 e. The molecule has 0 N–H and O–H groups in total. The third kappa shape index (κ3) is 3.43. The fraction of sp³-hybridized carbons (Fsp3) is 0.867. The van der Waals surface area contributed by atoms with E-state index in [1.54, 1.807) is 22.9 Å². The van der Waals surface area contributed by atoms with E-state index in [4.69, 9.17) is 4.74 Å². The van der Waals surface area contributed by atoms with E-state index in [1.807, 2.05) is 0 Å². The van der Waals surface area contributed by atoms with Crippen LogP contribution in [0.1, 0.15) is 50.4 Å². The molecule has 1 aromatic heterocycles. The number of ether oxygens (including phenoxy) is 1. The van der Waals surface area contributed by atoms with Crippen molar-refractivity contribution in [2.75, 3.05) is 32.6 Å². The molecule has 1 aliphatic carbocycles. The fourth-order valence-electron chi connectivity index (χ4n) is 3.30. The number of nitrogens with zero attached hydrogens (tertiary/aromatic N) is 4. The van der Waals surface area contributed by atoms with Crippen molar-refractivity contribution in [1.29, 1.82) is 0 Å². The minimum absolute atomic E-state index is 0.0165. The van der Waals surface area contributed by atoms with E-state index in [9.17, 15) is 13.2 Å². The molecule has 0 amide bonds. The average molecular weight is 358 g/mol. The summed E-state index contributed by atoms with van der Waals surface area (Å²) < 4.78 is 34.2. The Morgan fingerprint density at radius 2 is 2.04 bits per heavy atom. The van der Waals surface area contributed by atoms with Gasteiger partial charge in [-0.3, -0.25) is 4.57 Å². The molecular formula is C15H26N4O4S. The third-order valence-electron chi connectivity index (χ3n) is 4.82. The highest BCUT2D eigenvalue weighted by atomic mass is 32.2. The van der Waals surface area contributed by atoms with Crippen LogP contribution in [-0.2, 0) is 21.3 Å². The summed E-state index contributed by atoms with van der Waals surface area (Å²) in [5.41, 5.74) is -0.0972. The molecule has 2 heterocycles. The Morgan fingerprint density at radius 3 is 2.67 bits per heavy atom. The van der Waals surface area contributed by atoms with Gasteiger partial charge in [0.25, 0.3) is 0 Å². The van der Waals surface area contributed by atoms with Gasteiger partial charge in [0.15, 0.2) is 0 Å². The number of rotatable bonds is 7. The van der Waals surface area contributed by atoms with E-state index in [1.165, 1.54) is 4.68 Å². The second-order valence-corrected chi connectivity index (χ2v) is 8.81. The Balaban J connectivity index is 1.89. The number of methoxy groups -OCH3 is 1. The van der Waals surface area contributed by atoms with Gasteiger partial charge in [-0.25, -0.2) is 22.2 Å². The lowest BCUT2D eigenvalue weighted by Crippen LogP contribution is -2.40. The van der Waals surface area contributed by atoms with Gasteiger partial charge < -0.3 is 4.74 Å². The van der Waals surface area contributed by atoms with E-state index in [0.717, 1.165) is 31.5 Å². The number of aromatic nitrogens is 3. The quantitative estimate of drug-likeness (QED) is 0.711. The van der Waals surface area contributed by atoms with Crippen LogP contribution in [0.5, 0.6) is 0 Å². The lowest BCUT2D eigenvalue weighted by atomic mass is 9.99. The van der Waals surface area contributed by atoms with Crippen molar-refractivity contribution >= 4 is 10.0 Å². The van der Waals surface area contributed by atoms with Gasteiger partial charge in [-0.1, -0.05) is 0 Å². The minimum Gasteiger partial charge on any atom is -0.383 e. The lowest BCUT2D eigenvalue weighted by Gasteiger charge is -2.31. The van der Waals surface area contributed by atoms with Crippen molar-refractivity contribution in [2.24, 2.45) is 0 Å². The van der Waals surface area contributed by atoms with Crippen LogP contribution in [0.15, 0.2) is 4.79 Å². The number of hydrogen-bond donors (Lipinski definition) is 0. The highest BCUT2D eigenvalue weighted by Gasteiger charge is 2.36. The molecule has 9 heteroatoms. The van der Waals surface area contributed by atoms with Crippen LogP contribution in [-0.4, -0.2) is 59.6 Å². The van der Waals surface area contributed by atoms with Crippen LogP contribution in [0.3, 0.4) is 0 Å². The highest BCUT2D eigenvalue weighted by Crippen LogP contribution is 2.37. The molecule has 1 aliphatic heterocycles. The molecule has 1 unspecified atom stereocenters. The summed E-state index contributed by atoms with van der Waals surface area (Å²) in [5.74, 6) is 0.837. The van der Waals surface area contributed by atoms with Crippen LogP contribution in [0.4, 0.5) is 0 Å². The average Bonchev–Trinajstić information content (AvgIpc) is 3.37. The monoisotopic (exact) mass is 358 g/mol. The molecule has 8 nitrogen and oxygen atoms in total. The predicted octanol–water partition coefficient (Wildman–Crippen LogP) is 0.555. The molecule has 0 aromatic carbocycles. The highest BCUT2D eigenvalue weighted by molar-refractivity contribution is 7.89. The molecule has 0 spiro atoms. The standard InChI is InChI=1S/C15H26N4O4S/c1-3-24(21,22)17-8-4-5-12(11-17)14-16-18(9-10-23-2)15(20)19(14)13-6-7-13/h12-13H,3-11H2,1-2H3. The van der Waals surface area contributed by atoms with Crippen LogP contribution in [0.2, 0.25) is 0 Å². The first-order valence-corrected chi connectivity index (χ1v) is 10.2. The molecule has 0 bridgehead atoms. The number of piperidine rings is 1. The van der Waals surface area contributed by atoms with E-state index in [0.29, 0.717) is 26.2 Å². The fourth-order valence-corrected chi connectivity index (χ4v) is 4.48. The third-order valence-corrected chi connectivity index (χ3v) is 6.67. The van der Waals surface area contributed by atoms with Crippen molar-refractivity contribution in [3.8, 4) is 0 Å². The van der Waals surface area contributed by atoms with Gasteiger partial charge in [0.2, 0.25) is 10.0 Å². The summed E-state index contributed by atoms with van der Waals surface area (Å²) in [7, 11) is -1.61. The molecule has 2 fully saturated rings. The van der Waals surface area contributed by atoms with Gasteiger partial charge in [-0.2, -0.15) is 5.10 Å². The Hall–Kier alpha value is -1.19. The maximum absolute atomic E-state index is 12.6. The van der Waals surface area contributed by atoms with Gasteiger partial charge >= 0.3 is 5.69 Å². The van der Waals surface area contributed by atoms with Crippen LogP contribution in [0.25, 0.3) is 0 Å². The molecule has 2 aliphatic rings. The largest absolute Gasteiger partial charge is 0.383 e. The summed E-state index contributed by atoms with van der Waals surface area (Å²) in [6.07, 6.45) is 3.65. The Kier molecular flexibility index (Phi) is 5.12. The van der Waals surface area contributed by atoms with E-state index >= 15 is 0 Å². The molecule has 3 rings (SSSR count). The summed E-state index contributed by atoms with van der Waals surface area (Å²) in [6.45, 7) is 3.50. The summed E-state index contributed by atoms with van der Waals surface area (Å²) in [4.78, 5) is 12.6. The van der Waals surface area contributed by atoms with Crippen molar-refractivity contribution in [3.63, 3.8) is 0 Å². The molecular weight excluding hydrogens is 332 g/mol. The van der Waals surface area contributed by atoms with Crippen molar-refractivity contribution in [1.82, 2.24) is 18.7 Å². The lowest BCUT2D eigenvalue weighted by molar-refractivity contribution is 0.182. The first-order chi connectivity index (χ1) is 11.5. The molecule has 0 radical (unpaired) electrons. The molecule has 1 atom stereocenters. The Labute approximate surface area is 142 Å². The van der Waals surface area contributed by atoms with Gasteiger partial charge in [0, 0.05) is 32.2 Å². The van der Waals surface area contributed by atoms with E-state index in [-0.39, 0.29) is 23.4 Å². The Bertz CT molecular complexity index is 735. The number of hydrogen-bond acceptors (Lipinski definition) is 5. The topological polar surface area (TPSA) is 86.4 Å². The zero-order valence-electron chi connectivity index (χ0n) is 14.3.